The van der Waals surface area contributed by atoms with Crippen LogP contribution in [0.15, 0.2) is 133 Å². The van der Waals surface area contributed by atoms with E-state index in [1.54, 1.807) is 0 Å². The highest BCUT2D eigenvalue weighted by Crippen LogP contribution is 2.55. The van der Waals surface area contributed by atoms with Gasteiger partial charge in [0.2, 0.25) is 0 Å². The maximum Gasteiger partial charge on any atom is 0.0492 e. The molecule has 67 heavy (non-hydrogen) atoms. The van der Waals surface area contributed by atoms with E-state index in [2.05, 4.69) is 182 Å². The van der Waals surface area contributed by atoms with Crippen molar-refractivity contribution in [2.24, 2.45) is 0 Å². The number of hydrogen-bond acceptors (Lipinski definition) is 0. The second-order valence-corrected chi connectivity index (χ2v) is 19.7. The molecule has 0 N–H and O–H groups in total. The molecule has 1 heterocycles. The Kier molecular flexibility index (Phi) is 13.5. The highest BCUT2D eigenvalue weighted by Gasteiger charge is 2.42. The van der Waals surface area contributed by atoms with Gasteiger partial charge in [0.25, 0.3) is 0 Å². The maximum atomic E-state index is 3.72. The van der Waals surface area contributed by atoms with E-state index in [1.165, 1.54) is 173 Å². The topological polar surface area (TPSA) is 4.93 Å². The summed E-state index contributed by atoms with van der Waals surface area (Å²) >= 11 is 0. The smallest absolute Gasteiger partial charge is 0.0492 e. The lowest BCUT2D eigenvalue weighted by Crippen LogP contribution is -2.26. The zero-order valence-corrected chi connectivity index (χ0v) is 40.4. The van der Waals surface area contributed by atoms with Crippen LogP contribution in [0.2, 0.25) is 0 Å². The first-order chi connectivity index (χ1) is 33.1. The molecule has 0 atom stereocenters. The molecule has 0 amide bonds. The van der Waals surface area contributed by atoms with E-state index in [0.29, 0.717) is 0 Å². The van der Waals surface area contributed by atoms with Gasteiger partial charge >= 0.3 is 0 Å². The Bertz CT molecular complexity index is 3280. The van der Waals surface area contributed by atoms with Crippen molar-refractivity contribution >= 4 is 54.1 Å². The van der Waals surface area contributed by atoms with Crippen molar-refractivity contribution in [1.82, 2.24) is 4.57 Å². The molecule has 1 aromatic heterocycles. The predicted molar refractivity (Wildman–Crippen MR) is 290 cm³/mol. The first kappa shape index (κ1) is 44.6. The number of unbranched alkanes of at least 4 members (excludes halogenated alkanes) is 12. The highest BCUT2D eigenvalue weighted by atomic mass is 15.0. The fraction of sp³-hybridized carbons (Fsp3) is 0.333. The first-order valence-electron chi connectivity index (χ1n) is 26.1. The van der Waals surface area contributed by atoms with E-state index in [0.717, 1.165) is 41.6 Å². The zero-order chi connectivity index (χ0) is 45.6. The molecular weight excluding hydrogens is 807 g/mol. The Labute approximate surface area is 400 Å². The van der Waals surface area contributed by atoms with Crippen molar-refractivity contribution in [1.29, 1.82) is 0 Å². The van der Waals surface area contributed by atoms with Crippen molar-refractivity contribution in [2.45, 2.75) is 142 Å². The van der Waals surface area contributed by atoms with Gasteiger partial charge in [0.15, 0.2) is 0 Å². The van der Waals surface area contributed by atoms with Crippen molar-refractivity contribution in [3.05, 3.63) is 167 Å². The molecule has 336 valence electrons. The highest BCUT2D eigenvalue weighted by molar-refractivity contribution is 6.24. The molecule has 0 aliphatic heterocycles. The summed E-state index contributed by atoms with van der Waals surface area (Å²) in [5, 5.41) is 10.4. The van der Waals surface area contributed by atoms with Gasteiger partial charge in [-0.05, 0) is 128 Å². The summed E-state index contributed by atoms with van der Waals surface area (Å²) in [6.07, 6.45) is 21.5. The number of fused-ring (bicyclic) bond motifs is 6. The molecule has 10 rings (SSSR count). The fourth-order valence-electron chi connectivity index (χ4n) is 11.7. The van der Waals surface area contributed by atoms with Gasteiger partial charge in [-0.1, -0.05) is 213 Å². The summed E-state index contributed by atoms with van der Waals surface area (Å²) in [4.78, 5) is 0. The van der Waals surface area contributed by atoms with Crippen LogP contribution in [0.5, 0.6) is 0 Å². The SMILES string of the molecule is CCCCCCCn1c2ccccc2c2cc(C#Cc3ccc4c(c3)C(CCCCCCC)(CCCCCCC)c3cc(C#Cc5ccc6ccc7cccc8ccc5c6c78)ccc3-4)ccc21. The van der Waals surface area contributed by atoms with E-state index in [4.69, 9.17) is 0 Å². The van der Waals surface area contributed by atoms with E-state index >= 15 is 0 Å². The largest absolute Gasteiger partial charge is 0.340 e. The summed E-state index contributed by atoms with van der Waals surface area (Å²) < 4.78 is 2.54. The monoisotopic (exact) mass is 874 g/mol. The van der Waals surface area contributed by atoms with Crippen LogP contribution in [0.3, 0.4) is 0 Å². The Morgan fingerprint density at radius 1 is 0.388 bits per heavy atom. The number of para-hydroxylation sites is 1. The summed E-state index contributed by atoms with van der Waals surface area (Å²) in [6.45, 7) is 7.99. The van der Waals surface area contributed by atoms with Gasteiger partial charge in [0, 0.05) is 56.0 Å². The summed E-state index contributed by atoms with van der Waals surface area (Å²) in [5.41, 5.74) is 12.7. The fourth-order valence-corrected chi connectivity index (χ4v) is 11.7. The van der Waals surface area contributed by atoms with Crippen LogP contribution >= 0.6 is 0 Å². The van der Waals surface area contributed by atoms with Crippen LogP contribution in [0, 0.1) is 23.7 Å². The first-order valence-corrected chi connectivity index (χ1v) is 26.1. The lowest BCUT2D eigenvalue weighted by atomic mass is 9.70. The molecule has 0 bridgehead atoms. The van der Waals surface area contributed by atoms with Gasteiger partial charge in [-0.15, -0.1) is 0 Å². The summed E-state index contributed by atoms with van der Waals surface area (Å²) in [5.74, 6) is 14.8. The molecule has 1 nitrogen and oxygen atoms in total. The van der Waals surface area contributed by atoms with Crippen LogP contribution < -0.4 is 0 Å². The lowest BCUT2D eigenvalue weighted by molar-refractivity contribution is 0.399. The lowest BCUT2D eigenvalue weighted by Gasteiger charge is -2.33. The molecule has 1 aliphatic rings. The van der Waals surface area contributed by atoms with E-state index in [9.17, 15) is 0 Å². The van der Waals surface area contributed by atoms with Crippen molar-refractivity contribution in [2.75, 3.05) is 0 Å². The maximum absolute atomic E-state index is 3.72. The van der Waals surface area contributed by atoms with Crippen molar-refractivity contribution in [3.63, 3.8) is 0 Å². The number of benzene rings is 8. The van der Waals surface area contributed by atoms with Crippen LogP contribution in [0.25, 0.3) is 65.3 Å². The van der Waals surface area contributed by atoms with Gasteiger partial charge in [-0.3, -0.25) is 0 Å². The molecule has 0 spiro atoms. The predicted octanol–water partition coefficient (Wildman–Crippen LogP) is 18.4. The molecule has 0 unspecified atom stereocenters. The second-order valence-electron chi connectivity index (χ2n) is 19.7. The van der Waals surface area contributed by atoms with Gasteiger partial charge < -0.3 is 4.57 Å². The van der Waals surface area contributed by atoms with Crippen LogP contribution in [-0.4, -0.2) is 4.57 Å². The molecule has 0 saturated heterocycles. The molecule has 0 saturated carbocycles. The molecule has 1 aliphatic carbocycles. The van der Waals surface area contributed by atoms with E-state index < -0.39 is 0 Å². The summed E-state index contributed by atoms with van der Waals surface area (Å²) in [7, 11) is 0. The van der Waals surface area contributed by atoms with Gasteiger partial charge in [0.05, 0.1) is 0 Å². The third kappa shape index (κ3) is 8.88. The minimum atomic E-state index is -0.0667. The summed E-state index contributed by atoms with van der Waals surface area (Å²) in [6, 6.07) is 50.3. The number of nitrogens with zero attached hydrogens (tertiary/aromatic N) is 1. The second kappa shape index (κ2) is 20.3. The molecule has 0 fully saturated rings. The Balaban J connectivity index is 1.02. The molecule has 9 aromatic rings. The number of aromatic nitrogens is 1. The average molecular weight is 874 g/mol. The molecule has 0 radical (unpaired) electrons. The molecular formula is C66H67N. The number of hydrogen-bond donors (Lipinski definition) is 0. The Morgan fingerprint density at radius 2 is 0.910 bits per heavy atom. The number of rotatable bonds is 18. The normalized spacial score (nSPS) is 12.8. The third-order valence-electron chi connectivity index (χ3n) is 15.3. The van der Waals surface area contributed by atoms with Crippen LogP contribution in [0.4, 0.5) is 0 Å². The average Bonchev–Trinajstić information content (AvgIpc) is 3.82. The third-order valence-corrected chi connectivity index (χ3v) is 15.3. The zero-order valence-electron chi connectivity index (χ0n) is 40.4. The van der Waals surface area contributed by atoms with Gasteiger partial charge in [0.1, 0.15) is 0 Å². The number of aryl methyl sites for hydroxylation is 1. The molecule has 1 heteroatoms. The quantitative estimate of drug-likeness (QED) is 0.0460. The van der Waals surface area contributed by atoms with E-state index in [1.807, 2.05) is 0 Å². The van der Waals surface area contributed by atoms with Gasteiger partial charge in [-0.25, -0.2) is 0 Å². The van der Waals surface area contributed by atoms with Crippen LogP contribution in [-0.2, 0) is 12.0 Å². The molecule has 8 aromatic carbocycles. The standard InChI is InChI=1S/C66H67N/c1-4-7-10-13-18-42-66(43-19-14-11-8-5-2)60-46-49(27-26-48-31-41-63-59(45-48)58-24-16-17-25-62(58)67(63)44-20-15-12-9-6-3)29-38-56(60)57-39-30-50(47-61(57)66)28-32-51-33-34-54-36-35-52-22-21-23-53-37-40-55(51)65(54)64(52)53/h16-17,21-25,29-31,33-41,45-47H,4-15,18-20,42-44H2,1-3H3. The minimum Gasteiger partial charge on any atom is -0.340 e. The van der Waals surface area contributed by atoms with E-state index in [-0.39, 0.29) is 5.41 Å². The van der Waals surface area contributed by atoms with Crippen molar-refractivity contribution < 1.29 is 0 Å². The van der Waals surface area contributed by atoms with Crippen LogP contribution in [0.1, 0.15) is 163 Å². The van der Waals surface area contributed by atoms with Crippen molar-refractivity contribution in [3.8, 4) is 34.8 Å². The minimum absolute atomic E-state index is 0.0667. The Morgan fingerprint density at radius 3 is 1.57 bits per heavy atom. The Hall–Kier alpha value is -6.28. The van der Waals surface area contributed by atoms with Gasteiger partial charge in [-0.2, -0.15) is 0 Å².